The summed E-state index contributed by atoms with van der Waals surface area (Å²) in [6, 6.07) is 6.23. The van der Waals surface area contributed by atoms with Crippen molar-refractivity contribution in [1.82, 2.24) is 4.90 Å². The number of hydrogen-bond donors (Lipinski definition) is 0. The van der Waals surface area contributed by atoms with E-state index in [4.69, 9.17) is 9.47 Å². The lowest BCUT2D eigenvalue weighted by Crippen LogP contribution is -2.22. The van der Waals surface area contributed by atoms with Crippen molar-refractivity contribution in [2.75, 3.05) is 13.3 Å². The van der Waals surface area contributed by atoms with Gasteiger partial charge in [-0.2, -0.15) is 0 Å². The lowest BCUT2D eigenvalue weighted by atomic mass is 10.1. The zero-order chi connectivity index (χ0) is 12.5. The molecule has 4 heteroatoms. The molecule has 1 aromatic carbocycles. The van der Waals surface area contributed by atoms with Crippen LogP contribution >= 0.6 is 11.8 Å². The number of rotatable bonds is 3. The molecule has 18 heavy (non-hydrogen) atoms. The van der Waals surface area contributed by atoms with Crippen LogP contribution < -0.4 is 9.47 Å². The van der Waals surface area contributed by atoms with Gasteiger partial charge in [-0.25, -0.2) is 0 Å². The molecule has 2 aliphatic heterocycles. The van der Waals surface area contributed by atoms with E-state index in [-0.39, 0.29) is 0 Å². The maximum atomic E-state index is 5.44. The van der Waals surface area contributed by atoms with Crippen LogP contribution in [0.4, 0.5) is 0 Å². The van der Waals surface area contributed by atoms with Crippen molar-refractivity contribution < 1.29 is 9.47 Å². The van der Waals surface area contributed by atoms with Crippen molar-refractivity contribution in [3.8, 4) is 11.5 Å². The molecule has 0 saturated carbocycles. The highest BCUT2D eigenvalue weighted by atomic mass is 32.2. The minimum atomic E-state index is 0.338. The fourth-order valence-corrected chi connectivity index (χ4v) is 3.25. The van der Waals surface area contributed by atoms with Crippen LogP contribution in [0, 0.1) is 5.92 Å². The molecule has 1 aromatic rings. The van der Waals surface area contributed by atoms with Gasteiger partial charge in [-0.1, -0.05) is 19.9 Å². The predicted molar refractivity (Wildman–Crippen MR) is 73.6 cm³/mol. The highest BCUT2D eigenvalue weighted by Gasteiger charge is 2.24. The molecule has 0 fully saturated rings. The minimum absolute atomic E-state index is 0.338. The first-order valence-corrected chi connectivity index (χ1v) is 7.16. The van der Waals surface area contributed by atoms with E-state index < -0.39 is 0 Å². The van der Waals surface area contributed by atoms with Gasteiger partial charge in [0.25, 0.3) is 0 Å². The summed E-state index contributed by atoms with van der Waals surface area (Å²) < 4.78 is 10.8. The standard InChI is InChI=1S/C14H17NO2S/c1-10(2)8-15-5-6-18-14(15)11-3-4-12-13(7-11)17-9-16-12/h3-7,10,14H,8-9H2,1-2H3. The molecular weight excluding hydrogens is 246 g/mol. The Morgan fingerprint density at radius 3 is 3.00 bits per heavy atom. The van der Waals surface area contributed by atoms with Crippen molar-refractivity contribution in [3.05, 3.63) is 35.4 Å². The first-order chi connectivity index (χ1) is 8.74. The molecule has 96 valence electrons. The van der Waals surface area contributed by atoms with Gasteiger partial charge in [0, 0.05) is 12.7 Å². The summed E-state index contributed by atoms with van der Waals surface area (Å²) in [5, 5.41) is 2.53. The van der Waals surface area contributed by atoms with E-state index in [1.165, 1.54) is 5.56 Å². The van der Waals surface area contributed by atoms with Crippen molar-refractivity contribution in [1.29, 1.82) is 0 Å². The van der Waals surface area contributed by atoms with Gasteiger partial charge in [0.05, 0.1) is 0 Å². The van der Waals surface area contributed by atoms with E-state index in [1.807, 2.05) is 17.8 Å². The number of thioether (sulfide) groups is 1. The number of fused-ring (bicyclic) bond motifs is 1. The van der Waals surface area contributed by atoms with E-state index in [1.54, 1.807) is 0 Å². The van der Waals surface area contributed by atoms with Gasteiger partial charge in [-0.15, -0.1) is 11.8 Å². The summed E-state index contributed by atoms with van der Waals surface area (Å²) in [4.78, 5) is 2.38. The van der Waals surface area contributed by atoms with Crippen molar-refractivity contribution in [2.24, 2.45) is 5.92 Å². The highest BCUT2D eigenvalue weighted by molar-refractivity contribution is 8.02. The van der Waals surface area contributed by atoms with Gasteiger partial charge in [0.15, 0.2) is 11.5 Å². The van der Waals surface area contributed by atoms with Crippen LogP contribution in [0.2, 0.25) is 0 Å². The average molecular weight is 263 g/mol. The smallest absolute Gasteiger partial charge is 0.231 e. The van der Waals surface area contributed by atoms with E-state index in [0.717, 1.165) is 18.0 Å². The summed E-state index contributed by atoms with van der Waals surface area (Å²) in [5.74, 6) is 2.37. The number of benzene rings is 1. The first-order valence-electron chi connectivity index (χ1n) is 6.21. The molecule has 0 saturated heterocycles. The fourth-order valence-electron chi connectivity index (χ4n) is 2.26. The zero-order valence-electron chi connectivity index (χ0n) is 10.6. The molecule has 3 rings (SSSR count). The van der Waals surface area contributed by atoms with Crippen LogP contribution in [0.1, 0.15) is 24.8 Å². The second kappa shape index (κ2) is 4.76. The third kappa shape index (κ3) is 2.17. The predicted octanol–water partition coefficient (Wildman–Crippen LogP) is 3.59. The monoisotopic (exact) mass is 263 g/mol. The Hall–Kier alpha value is -1.29. The van der Waals surface area contributed by atoms with Gasteiger partial charge in [-0.3, -0.25) is 0 Å². The highest BCUT2D eigenvalue weighted by Crippen LogP contribution is 2.42. The fraction of sp³-hybridized carbons (Fsp3) is 0.429. The van der Waals surface area contributed by atoms with E-state index in [0.29, 0.717) is 18.1 Å². The number of nitrogens with zero attached hydrogens (tertiary/aromatic N) is 1. The SMILES string of the molecule is CC(C)CN1C=CSC1c1ccc2c(c1)OCO2. The lowest BCUT2D eigenvalue weighted by Gasteiger charge is -2.26. The third-order valence-corrected chi connectivity index (χ3v) is 4.10. The van der Waals surface area contributed by atoms with Crippen LogP contribution in [0.15, 0.2) is 29.8 Å². The molecular formula is C14H17NO2S. The maximum absolute atomic E-state index is 5.44. The van der Waals surface area contributed by atoms with Crippen LogP contribution in [0.3, 0.4) is 0 Å². The lowest BCUT2D eigenvalue weighted by molar-refractivity contribution is 0.174. The molecule has 2 aliphatic rings. The van der Waals surface area contributed by atoms with E-state index in [9.17, 15) is 0 Å². The Morgan fingerprint density at radius 1 is 1.33 bits per heavy atom. The van der Waals surface area contributed by atoms with Gasteiger partial charge < -0.3 is 14.4 Å². The van der Waals surface area contributed by atoms with Gasteiger partial charge >= 0.3 is 0 Å². The van der Waals surface area contributed by atoms with Crippen LogP contribution in [0.5, 0.6) is 11.5 Å². The van der Waals surface area contributed by atoms with Crippen molar-refractivity contribution >= 4 is 11.8 Å². The molecule has 0 aliphatic carbocycles. The quantitative estimate of drug-likeness (QED) is 0.830. The first kappa shape index (κ1) is 11.8. The Labute approximate surface area is 112 Å². The molecule has 1 unspecified atom stereocenters. The average Bonchev–Trinajstić information content (AvgIpc) is 2.95. The molecule has 2 heterocycles. The molecule has 0 radical (unpaired) electrons. The van der Waals surface area contributed by atoms with E-state index >= 15 is 0 Å². The van der Waals surface area contributed by atoms with Crippen LogP contribution in [0.25, 0.3) is 0 Å². The zero-order valence-corrected chi connectivity index (χ0v) is 11.4. The molecule has 0 N–H and O–H groups in total. The Bertz CT molecular complexity index is 473. The Kier molecular flexibility index (Phi) is 3.12. The van der Waals surface area contributed by atoms with Gasteiger partial charge in [0.2, 0.25) is 6.79 Å². The third-order valence-electron chi connectivity index (χ3n) is 3.02. The summed E-state index contributed by atoms with van der Waals surface area (Å²) >= 11 is 1.84. The van der Waals surface area contributed by atoms with Crippen molar-refractivity contribution in [2.45, 2.75) is 19.2 Å². The maximum Gasteiger partial charge on any atom is 0.231 e. The van der Waals surface area contributed by atoms with Crippen LogP contribution in [-0.2, 0) is 0 Å². The van der Waals surface area contributed by atoms with Crippen LogP contribution in [-0.4, -0.2) is 18.2 Å². The molecule has 3 nitrogen and oxygen atoms in total. The summed E-state index contributed by atoms with van der Waals surface area (Å²) in [6.07, 6.45) is 2.18. The molecule has 0 amide bonds. The number of hydrogen-bond acceptors (Lipinski definition) is 4. The Balaban J connectivity index is 1.82. The molecule has 0 spiro atoms. The minimum Gasteiger partial charge on any atom is -0.454 e. The molecule has 0 aromatic heterocycles. The largest absolute Gasteiger partial charge is 0.454 e. The summed E-state index contributed by atoms with van der Waals surface area (Å²) in [5.41, 5.74) is 1.27. The molecule has 1 atom stereocenters. The molecule has 0 bridgehead atoms. The van der Waals surface area contributed by atoms with Gasteiger partial charge in [0.1, 0.15) is 5.37 Å². The van der Waals surface area contributed by atoms with E-state index in [2.05, 4.69) is 42.5 Å². The van der Waals surface area contributed by atoms with Crippen molar-refractivity contribution in [3.63, 3.8) is 0 Å². The second-order valence-corrected chi connectivity index (χ2v) is 5.97. The summed E-state index contributed by atoms with van der Waals surface area (Å²) in [7, 11) is 0. The number of ether oxygens (including phenoxy) is 2. The van der Waals surface area contributed by atoms with Gasteiger partial charge in [-0.05, 0) is 29.0 Å². The normalized spacial score (nSPS) is 21.1. The second-order valence-electron chi connectivity index (χ2n) is 4.98. The summed E-state index contributed by atoms with van der Waals surface area (Å²) in [6.45, 7) is 5.90. The Morgan fingerprint density at radius 2 is 2.17 bits per heavy atom. The topological polar surface area (TPSA) is 21.7 Å².